The number of aromatic amines is 1. The Morgan fingerprint density at radius 1 is 1.00 bits per heavy atom. The van der Waals surface area contributed by atoms with Crippen LogP contribution in [0.4, 0.5) is 26.4 Å². The molecule has 0 amide bonds. The minimum atomic E-state index is -2.84. The highest BCUT2D eigenvalue weighted by Crippen LogP contribution is 2.33. The quantitative estimate of drug-likeness (QED) is 0.381. The average Bonchev–Trinajstić information content (AvgIpc) is 3.48. The van der Waals surface area contributed by atoms with E-state index in [2.05, 4.69) is 30.5 Å². The summed E-state index contributed by atoms with van der Waals surface area (Å²) in [7, 11) is 3.84. The fraction of sp³-hybridized carbons (Fsp3) is 0.136. The van der Waals surface area contributed by atoms with Crippen molar-refractivity contribution < 1.29 is 13.2 Å². The van der Waals surface area contributed by atoms with E-state index in [0.29, 0.717) is 11.5 Å². The van der Waals surface area contributed by atoms with Crippen LogP contribution in [0.25, 0.3) is 33.6 Å². The van der Waals surface area contributed by atoms with Crippen LogP contribution in [0.2, 0.25) is 0 Å². The molecule has 9 nitrogen and oxygen atoms in total. The van der Waals surface area contributed by atoms with E-state index in [9.17, 15) is 8.78 Å². The number of benzene rings is 2. The first-order valence-electron chi connectivity index (χ1n) is 9.95. The minimum Gasteiger partial charge on any atom is -0.415 e. The summed E-state index contributed by atoms with van der Waals surface area (Å²) < 4.78 is 30.3. The fourth-order valence-corrected chi connectivity index (χ4v) is 3.30. The van der Waals surface area contributed by atoms with Crippen LogP contribution in [0.15, 0.2) is 59.3 Å². The highest BCUT2D eigenvalue weighted by atomic mass is 19.3. The Bertz CT molecular complexity index is 1400. The fourth-order valence-electron chi connectivity index (χ4n) is 3.30. The number of nitrogens with one attached hydrogen (secondary N) is 2. The Labute approximate surface area is 186 Å². The molecule has 33 heavy (non-hydrogen) atoms. The molecule has 0 bridgehead atoms. The Balaban J connectivity index is 1.48. The van der Waals surface area contributed by atoms with E-state index in [-0.39, 0.29) is 5.89 Å². The third-order valence-electron chi connectivity index (χ3n) is 4.86. The highest BCUT2D eigenvalue weighted by molar-refractivity contribution is 5.96. The van der Waals surface area contributed by atoms with Gasteiger partial charge in [-0.2, -0.15) is 8.78 Å². The summed E-state index contributed by atoms with van der Waals surface area (Å²) in [6.07, 6.45) is 0.0155. The van der Waals surface area contributed by atoms with E-state index >= 15 is 0 Å². The molecule has 166 valence electrons. The third-order valence-corrected chi connectivity index (χ3v) is 4.86. The molecule has 0 fully saturated rings. The molecule has 2 aromatic carbocycles. The lowest BCUT2D eigenvalue weighted by molar-refractivity contribution is 0.116. The van der Waals surface area contributed by atoms with E-state index in [1.165, 1.54) is 12.4 Å². The number of hydrogen-bond donors (Lipinski definition) is 2. The van der Waals surface area contributed by atoms with Crippen LogP contribution in [0.5, 0.6) is 0 Å². The van der Waals surface area contributed by atoms with Crippen molar-refractivity contribution in [2.45, 2.75) is 6.43 Å². The molecular weight excluding hydrogens is 430 g/mol. The monoisotopic (exact) mass is 448 g/mol. The molecule has 3 heterocycles. The lowest BCUT2D eigenvalue weighted by Gasteiger charge is -2.09. The number of anilines is 3. The molecular formula is C22H18F2N8O. The topological polar surface area (TPSA) is 109 Å². The molecule has 0 atom stereocenters. The summed E-state index contributed by atoms with van der Waals surface area (Å²) in [6.45, 7) is 0. The van der Waals surface area contributed by atoms with Gasteiger partial charge in [0.25, 0.3) is 11.8 Å². The predicted octanol–water partition coefficient (Wildman–Crippen LogP) is 4.82. The molecule has 0 saturated heterocycles. The Morgan fingerprint density at radius 3 is 2.42 bits per heavy atom. The van der Waals surface area contributed by atoms with Crippen LogP contribution in [0.3, 0.4) is 0 Å². The van der Waals surface area contributed by atoms with Gasteiger partial charge < -0.3 is 19.6 Å². The van der Waals surface area contributed by atoms with Gasteiger partial charge in [0.1, 0.15) is 0 Å². The van der Waals surface area contributed by atoms with Crippen molar-refractivity contribution >= 4 is 28.6 Å². The first-order valence-corrected chi connectivity index (χ1v) is 9.95. The average molecular weight is 448 g/mol. The zero-order chi connectivity index (χ0) is 22.9. The van der Waals surface area contributed by atoms with E-state index < -0.39 is 12.3 Å². The lowest BCUT2D eigenvalue weighted by Crippen LogP contribution is -2.09. The van der Waals surface area contributed by atoms with Gasteiger partial charge in [-0.25, -0.2) is 15.0 Å². The number of imidazole rings is 1. The van der Waals surface area contributed by atoms with Crippen molar-refractivity contribution in [1.82, 2.24) is 30.1 Å². The van der Waals surface area contributed by atoms with Crippen LogP contribution in [0.1, 0.15) is 12.3 Å². The first-order chi connectivity index (χ1) is 16.0. The summed E-state index contributed by atoms with van der Waals surface area (Å²) in [4.78, 5) is 18.5. The van der Waals surface area contributed by atoms with Crippen LogP contribution in [-0.4, -0.2) is 44.2 Å². The van der Waals surface area contributed by atoms with Gasteiger partial charge in [0.05, 0.1) is 16.6 Å². The van der Waals surface area contributed by atoms with Crippen LogP contribution < -0.4 is 10.2 Å². The summed E-state index contributed by atoms with van der Waals surface area (Å²) in [5, 5.41) is 10.1. The number of H-pyrrole nitrogens is 1. The summed E-state index contributed by atoms with van der Waals surface area (Å²) >= 11 is 0. The number of aromatic nitrogens is 6. The molecule has 0 spiro atoms. The third kappa shape index (κ3) is 4.07. The van der Waals surface area contributed by atoms with Gasteiger partial charge in [-0.3, -0.25) is 0 Å². The van der Waals surface area contributed by atoms with E-state index in [1.54, 1.807) is 0 Å². The number of halogens is 2. The molecule has 0 aliphatic carbocycles. The van der Waals surface area contributed by atoms with Crippen LogP contribution in [0, 0.1) is 0 Å². The molecule has 0 radical (unpaired) electrons. The zero-order valence-electron chi connectivity index (χ0n) is 17.6. The lowest BCUT2D eigenvalue weighted by atomic mass is 10.0. The van der Waals surface area contributed by atoms with Gasteiger partial charge in [0, 0.05) is 37.7 Å². The van der Waals surface area contributed by atoms with Crippen LogP contribution in [-0.2, 0) is 0 Å². The molecule has 11 heteroatoms. The van der Waals surface area contributed by atoms with Crippen molar-refractivity contribution in [3.8, 4) is 22.6 Å². The number of rotatable bonds is 6. The second-order valence-corrected chi connectivity index (χ2v) is 7.41. The first kappa shape index (κ1) is 20.5. The number of nitrogens with zero attached hydrogens (tertiary/aromatic N) is 6. The molecule has 2 N–H and O–H groups in total. The number of hydrogen-bond acceptors (Lipinski definition) is 8. The van der Waals surface area contributed by atoms with E-state index in [4.69, 9.17) is 9.40 Å². The van der Waals surface area contributed by atoms with E-state index in [1.807, 2.05) is 61.5 Å². The smallest absolute Gasteiger partial charge is 0.314 e. The standard InChI is InChI=1S/C22H18F2N8O/c1-32(2)22-28-16-9-14(8-15(17(16)29-22)12-6-4-3-5-7-12)27-21-25-10-13(11-26-21)19-30-31-20(33-19)18(23)24/h3-11,18H,1-2H3,(H,28,29)(H,25,26,27). The molecule has 0 saturated carbocycles. The Kier molecular flexibility index (Phi) is 5.13. The van der Waals surface area contributed by atoms with Gasteiger partial charge >= 0.3 is 6.43 Å². The molecule has 0 aliphatic rings. The summed E-state index contributed by atoms with van der Waals surface area (Å²) in [5.74, 6) is 0.240. The normalized spacial score (nSPS) is 11.3. The Morgan fingerprint density at radius 2 is 1.76 bits per heavy atom. The Hall–Kier alpha value is -4.41. The highest BCUT2D eigenvalue weighted by Gasteiger charge is 2.18. The number of alkyl halides is 2. The van der Waals surface area contributed by atoms with Gasteiger partial charge in [-0.15, -0.1) is 10.2 Å². The number of fused-ring (bicyclic) bond motifs is 1. The largest absolute Gasteiger partial charge is 0.415 e. The predicted molar refractivity (Wildman–Crippen MR) is 119 cm³/mol. The summed E-state index contributed by atoms with van der Waals surface area (Å²) in [5.41, 5.74) is 4.75. The minimum absolute atomic E-state index is 0.0710. The maximum atomic E-state index is 12.7. The molecule has 5 aromatic rings. The van der Waals surface area contributed by atoms with Crippen molar-refractivity contribution in [3.05, 3.63) is 60.7 Å². The second kappa shape index (κ2) is 8.26. The SMILES string of the molecule is CN(C)c1nc2c(-c3ccccc3)cc(Nc3ncc(-c4nnc(C(F)F)o4)cn3)cc2[nH]1. The van der Waals surface area contributed by atoms with E-state index in [0.717, 1.165) is 33.8 Å². The second-order valence-electron chi connectivity index (χ2n) is 7.41. The van der Waals surface area contributed by atoms with Gasteiger partial charge in [-0.05, 0) is 17.7 Å². The van der Waals surface area contributed by atoms with Gasteiger partial charge in [0.2, 0.25) is 11.9 Å². The van der Waals surface area contributed by atoms with Crippen molar-refractivity contribution in [2.75, 3.05) is 24.3 Å². The van der Waals surface area contributed by atoms with Gasteiger partial charge in [0.15, 0.2) is 0 Å². The summed E-state index contributed by atoms with van der Waals surface area (Å²) in [6, 6.07) is 13.8. The van der Waals surface area contributed by atoms with Crippen molar-refractivity contribution in [3.63, 3.8) is 0 Å². The molecule has 0 aliphatic heterocycles. The maximum Gasteiger partial charge on any atom is 0.314 e. The van der Waals surface area contributed by atoms with Crippen LogP contribution >= 0.6 is 0 Å². The molecule has 0 unspecified atom stereocenters. The molecule has 5 rings (SSSR count). The maximum absolute atomic E-state index is 12.7. The van der Waals surface area contributed by atoms with Gasteiger partial charge in [-0.1, -0.05) is 30.3 Å². The molecule has 3 aromatic heterocycles. The zero-order valence-corrected chi connectivity index (χ0v) is 17.6. The van der Waals surface area contributed by atoms with Crippen molar-refractivity contribution in [2.24, 2.45) is 0 Å². The van der Waals surface area contributed by atoms with Crippen molar-refractivity contribution in [1.29, 1.82) is 0 Å².